The molecule has 102 valence electrons. The minimum Gasteiger partial charge on any atom is -0.277 e. The first-order valence-corrected chi connectivity index (χ1v) is 5.85. The van der Waals surface area contributed by atoms with Crippen LogP contribution in [0.4, 0.5) is 9.18 Å². The lowest BCUT2D eigenvalue weighted by Gasteiger charge is -2.32. The molecular weight excluding hydrogens is 263 g/mol. The predicted molar refractivity (Wildman–Crippen MR) is 67.8 cm³/mol. The first kappa shape index (κ1) is 13.7. The van der Waals surface area contributed by atoms with Crippen molar-refractivity contribution in [2.24, 2.45) is 0 Å². The summed E-state index contributed by atoms with van der Waals surface area (Å²) >= 11 is 0. The molecule has 0 saturated carbocycles. The van der Waals surface area contributed by atoms with E-state index in [0.29, 0.717) is 5.56 Å². The summed E-state index contributed by atoms with van der Waals surface area (Å²) in [4.78, 5) is 36.6. The summed E-state index contributed by atoms with van der Waals surface area (Å²) in [5.74, 6) is -0.880. The number of halogens is 1. The van der Waals surface area contributed by atoms with Gasteiger partial charge in [0.15, 0.2) is 0 Å². The molecule has 0 spiro atoms. The molecule has 1 fully saturated rings. The number of amides is 4. The third-order valence-electron chi connectivity index (χ3n) is 3.03. The highest BCUT2D eigenvalue weighted by molar-refractivity contribution is 6.19. The SMILES string of the molecule is C#CC(C)N1C(=O)NC(=O)C(c2ccc(F)cc2)C1=O. The largest absolute Gasteiger partial charge is 0.331 e. The Balaban J connectivity index is 2.40. The quantitative estimate of drug-likeness (QED) is 0.646. The van der Waals surface area contributed by atoms with Gasteiger partial charge in [0, 0.05) is 0 Å². The fourth-order valence-electron chi connectivity index (χ4n) is 1.98. The lowest BCUT2D eigenvalue weighted by molar-refractivity contribution is -0.139. The second kappa shape index (κ2) is 5.13. The second-order valence-electron chi connectivity index (χ2n) is 4.33. The van der Waals surface area contributed by atoms with Gasteiger partial charge in [0.1, 0.15) is 11.7 Å². The highest BCUT2D eigenvalue weighted by Gasteiger charge is 2.42. The van der Waals surface area contributed by atoms with Crippen LogP contribution >= 0.6 is 0 Å². The molecule has 4 amide bonds. The molecule has 0 radical (unpaired) electrons. The van der Waals surface area contributed by atoms with Crippen molar-refractivity contribution in [3.63, 3.8) is 0 Å². The molecule has 1 aliphatic rings. The number of rotatable bonds is 2. The maximum Gasteiger partial charge on any atom is 0.331 e. The maximum absolute atomic E-state index is 12.9. The first-order valence-electron chi connectivity index (χ1n) is 5.85. The number of hydrogen-bond acceptors (Lipinski definition) is 3. The van der Waals surface area contributed by atoms with Crippen LogP contribution in [0.15, 0.2) is 24.3 Å². The molecule has 2 atom stereocenters. The van der Waals surface area contributed by atoms with E-state index in [0.717, 1.165) is 17.0 Å². The zero-order chi connectivity index (χ0) is 14.9. The fraction of sp³-hybridized carbons (Fsp3) is 0.214. The molecule has 1 aliphatic heterocycles. The highest BCUT2D eigenvalue weighted by Crippen LogP contribution is 2.24. The van der Waals surface area contributed by atoms with Crippen LogP contribution in [0.2, 0.25) is 0 Å². The van der Waals surface area contributed by atoms with Crippen molar-refractivity contribution < 1.29 is 18.8 Å². The van der Waals surface area contributed by atoms with Crippen LogP contribution in [0.25, 0.3) is 0 Å². The lowest BCUT2D eigenvalue weighted by atomic mass is 9.94. The smallest absolute Gasteiger partial charge is 0.277 e. The Bertz CT molecular complexity index is 618. The van der Waals surface area contributed by atoms with Gasteiger partial charge in [0.25, 0.3) is 0 Å². The van der Waals surface area contributed by atoms with Crippen molar-refractivity contribution in [1.82, 2.24) is 10.2 Å². The number of nitrogens with one attached hydrogen (secondary N) is 1. The van der Waals surface area contributed by atoms with Gasteiger partial charge < -0.3 is 0 Å². The highest BCUT2D eigenvalue weighted by atomic mass is 19.1. The Kier molecular flexibility index (Phi) is 3.53. The van der Waals surface area contributed by atoms with Crippen molar-refractivity contribution in [2.75, 3.05) is 0 Å². The van der Waals surface area contributed by atoms with Gasteiger partial charge in [-0.2, -0.15) is 0 Å². The molecule has 1 aromatic rings. The van der Waals surface area contributed by atoms with Crippen LogP contribution in [-0.2, 0) is 9.59 Å². The van der Waals surface area contributed by atoms with Gasteiger partial charge in [-0.3, -0.25) is 14.9 Å². The van der Waals surface area contributed by atoms with Crippen LogP contribution in [0.3, 0.4) is 0 Å². The summed E-state index contributed by atoms with van der Waals surface area (Å²) in [5, 5.41) is 2.08. The molecule has 2 unspecified atom stereocenters. The van der Waals surface area contributed by atoms with E-state index < -0.39 is 35.6 Å². The molecule has 0 aliphatic carbocycles. The molecular formula is C14H11FN2O3. The van der Waals surface area contributed by atoms with Gasteiger partial charge in [-0.15, -0.1) is 6.42 Å². The Hall–Kier alpha value is -2.68. The summed E-state index contributed by atoms with van der Waals surface area (Å²) in [7, 11) is 0. The van der Waals surface area contributed by atoms with Crippen molar-refractivity contribution in [3.05, 3.63) is 35.6 Å². The Morgan fingerprint density at radius 2 is 1.90 bits per heavy atom. The number of carbonyl (C=O) groups is 3. The van der Waals surface area contributed by atoms with Gasteiger partial charge in [0.2, 0.25) is 11.8 Å². The molecule has 2 rings (SSSR count). The van der Waals surface area contributed by atoms with E-state index in [1.807, 2.05) is 0 Å². The van der Waals surface area contributed by atoms with E-state index in [9.17, 15) is 18.8 Å². The molecule has 20 heavy (non-hydrogen) atoms. The van der Waals surface area contributed by atoms with E-state index >= 15 is 0 Å². The third-order valence-corrected chi connectivity index (χ3v) is 3.03. The molecule has 6 heteroatoms. The van der Waals surface area contributed by atoms with Crippen molar-refractivity contribution >= 4 is 17.8 Å². The van der Waals surface area contributed by atoms with Crippen LogP contribution in [-0.4, -0.2) is 28.8 Å². The van der Waals surface area contributed by atoms with Gasteiger partial charge in [-0.05, 0) is 24.6 Å². The van der Waals surface area contributed by atoms with Crippen molar-refractivity contribution in [3.8, 4) is 12.3 Å². The monoisotopic (exact) mass is 274 g/mol. The second-order valence-corrected chi connectivity index (χ2v) is 4.33. The summed E-state index contributed by atoms with van der Waals surface area (Å²) in [6.45, 7) is 1.50. The third kappa shape index (κ3) is 2.26. The van der Waals surface area contributed by atoms with Crippen LogP contribution in [0.1, 0.15) is 18.4 Å². The Morgan fingerprint density at radius 3 is 2.45 bits per heavy atom. The average molecular weight is 274 g/mol. The molecule has 1 heterocycles. The van der Waals surface area contributed by atoms with E-state index in [4.69, 9.17) is 6.42 Å². The predicted octanol–water partition coefficient (Wildman–Crippen LogP) is 1.01. The summed E-state index contributed by atoms with van der Waals surface area (Å²) < 4.78 is 12.9. The van der Waals surface area contributed by atoms with E-state index in [1.165, 1.54) is 19.1 Å². The standard InChI is InChI=1S/C14H11FN2O3/c1-3-8(2)17-13(19)11(12(18)16-14(17)20)9-4-6-10(15)7-5-9/h1,4-8,11H,2H3,(H,16,18,20). The van der Waals surface area contributed by atoms with E-state index in [2.05, 4.69) is 11.2 Å². The molecule has 0 aromatic heterocycles. The van der Waals surface area contributed by atoms with Gasteiger partial charge in [-0.1, -0.05) is 18.1 Å². The lowest BCUT2D eigenvalue weighted by Crippen LogP contribution is -2.59. The number of urea groups is 1. The van der Waals surface area contributed by atoms with Crippen molar-refractivity contribution in [1.29, 1.82) is 0 Å². The summed E-state index contributed by atoms with van der Waals surface area (Å²) in [6, 6.07) is 3.31. The average Bonchev–Trinajstić information content (AvgIpc) is 2.40. The number of imide groups is 2. The number of terminal acetylenes is 1. The number of nitrogens with zero attached hydrogens (tertiary/aromatic N) is 1. The first-order chi connectivity index (χ1) is 9.45. The van der Waals surface area contributed by atoms with Gasteiger partial charge >= 0.3 is 6.03 Å². The minimum atomic E-state index is -1.20. The number of benzene rings is 1. The number of hydrogen-bond donors (Lipinski definition) is 1. The van der Waals surface area contributed by atoms with Crippen LogP contribution < -0.4 is 5.32 Å². The summed E-state index contributed by atoms with van der Waals surface area (Å²) in [6.07, 6.45) is 5.21. The molecule has 0 bridgehead atoms. The fourth-order valence-corrected chi connectivity index (χ4v) is 1.98. The van der Waals surface area contributed by atoms with Crippen LogP contribution in [0.5, 0.6) is 0 Å². The minimum absolute atomic E-state index is 0.302. The molecule has 1 aromatic carbocycles. The Labute approximate surface area is 114 Å². The molecule has 5 nitrogen and oxygen atoms in total. The van der Waals surface area contributed by atoms with E-state index in [1.54, 1.807) is 0 Å². The number of barbiturate groups is 1. The van der Waals surface area contributed by atoms with Crippen LogP contribution in [0, 0.1) is 18.2 Å². The van der Waals surface area contributed by atoms with Gasteiger partial charge in [0.05, 0.1) is 6.04 Å². The van der Waals surface area contributed by atoms with Crippen molar-refractivity contribution in [2.45, 2.75) is 18.9 Å². The van der Waals surface area contributed by atoms with E-state index in [-0.39, 0.29) is 0 Å². The molecule has 1 N–H and O–H groups in total. The zero-order valence-corrected chi connectivity index (χ0v) is 10.6. The zero-order valence-electron chi connectivity index (χ0n) is 10.6. The number of carbonyl (C=O) groups excluding carboxylic acids is 3. The topological polar surface area (TPSA) is 66.5 Å². The molecule has 1 saturated heterocycles. The van der Waals surface area contributed by atoms with Gasteiger partial charge in [-0.25, -0.2) is 14.1 Å². The Morgan fingerprint density at radius 1 is 1.30 bits per heavy atom. The normalized spacial score (nSPS) is 20.4. The maximum atomic E-state index is 12.9. The summed E-state index contributed by atoms with van der Waals surface area (Å²) in [5.41, 5.74) is 0.302.